The average molecular weight is 210 g/mol. The first-order valence-electron chi connectivity index (χ1n) is 7.11. The second-order valence-corrected chi connectivity index (χ2v) is 6.09. The number of rotatable bonds is 7. The maximum Gasteiger partial charge on any atom is -0.0326 e. The van der Waals surface area contributed by atoms with E-state index in [-0.39, 0.29) is 0 Å². The summed E-state index contributed by atoms with van der Waals surface area (Å²) in [6.45, 7) is 11.9. The molecule has 3 unspecified atom stereocenters. The second-order valence-electron chi connectivity index (χ2n) is 6.09. The van der Waals surface area contributed by atoms with Gasteiger partial charge in [0, 0.05) is 0 Å². The Kier molecular flexibility index (Phi) is 5.15. The van der Waals surface area contributed by atoms with Crippen LogP contribution in [-0.4, -0.2) is 0 Å². The van der Waals surface area contributed by atoms with E-state index in [0.29, 0.717) is 0 Å². The van der Waals surface area contributed by atoms with E-state index in [1.807, 2.05) is 0 Å². The van der Waals surface area contributed by atoms with Gasteiger partial charge in [-0.1, -0.05) is 60.3 Å². The van der Waals surface area contributed by atoms with Crippen LogP contribution >= 0.6 is 0 Å². The fraction of sp³-hybridized carbons (Fsp3) is 1.00. The third-order valence-electron chi connectivity index (χ3n) is 4.14. The Balaban J connectivity index is 2.39. The number of hydrogen-bond acceptors (Lipinski definition) is 0. The molecule has 0 aromatic carbocycles. The van der Waals surface area contributed by atoms with Gasteiger partial charge in [-0.05, 0) is 36.0 Å². The van der Waals surface area contributed by atoms with Crippen molar-refractivity contribution in [3.63, 3.8) is 0 Å². The zero-order valence-corrected chi connectivity index (χ0v) is 11.4. The van der Waals surface area contributed by atoms with Crippen molar-refractivity contribution in [1.82, 2.24) is 0 Å². The van der Waals surface area contributed by atoms with E-state index in [9.17, 15) is 0 Å². The van der Waals surface area contributed by atoms with Crippen LogP contribution in [0.5, 0.6) is 0 Å². The summed E-state index contributed by atoms with van der Waals surface area (Å²) >= 11 is 0. The Morgan fingerprint density at radius 2 is 1.33 bits per heavy atom. The van der Waals surface area contributed by atoms with Crippen molar-refractivity contribution in [2.75, 3.05) is 0 Å². The van der Waals surface area contributed by atoms with Gasteiger partial charge in [0.1, 0.15) is 0 Å². The summed E-state index contributed by atoms with van der Waals surface area (Å²) in [7, 11) is 0. The van der Waals surface area contributed by atoms with Crippen molar-refractivity contribution in [2.24, 2.45) is 29.6 Å². The highest BCUT2D eigenvalue weighted by atomic mass is 14.5. The Bertz CT molecular complexity index is 156. The lowest BCUT2D eigenvalue weighted by molar-refractivity contribution is 0.366. The van der Waals surface area contributed by atoms with E-state index in [4.69, 9.17) is 0 Å². The lowest BCUT2D eigenvalue weighted by Crippen LogP contribution is -2.04. The predicted octanol–water partition coefficient (Wildman–Crippen LogP) is 5.13. The molecule has 1 aliphatic rings. The number of hydrogen-bond donors (Lipinski definition) is 0. The summed E-state index contributed by atoms with van der Waals surface area (Å²) in [5.74, 6) is 5.10. The molecule has 90 valence electrons. The fourth-order valence-electron chi connectivity index (χ4n) is 3.70. The van der Waals surface area contributed by atoms with Crippen molar-refractivity contribution in [1.29, 1.82) is 0 Å². The van der Waals surface area contributed by atoms with Crippen molar-refractivity contribution in [3.8, 4) is 0 Å². The largest absolute Gasteiger partial charge is 0.0654 e. The van der Waals surface area contributed by atoms with Crippen LogP contribution < -0.4 is 0 Å². The summed E-state index contributed by atoms with van der Waals surface area (Å²) in [6, 6.07) is 0. The van der Waals surface area contributed by atoms with Gasteiger partial charge in [-0.15, -0.1) is 0 Å². The molecule has 0 heterocycles. The van der Waals surface area contributed by atoms with Crippen molar-refractivity contribution >= 4 is 0 Å². The highest BCUT2D eigenvalue weighted by Gasteiger charge is 2.50. The molecule has 15 heavy (non-hydrogen) atoms. The molecule has 1 rings (SSSR count). The van der Waals surface area contributed by atoms with Gasteiger partial charge >= 0.3 is 0 Å². The van der Waals surface area contributed by atoms with Crippen molar-refractivity contribution in [3.05, 3.63) is 0 Å². The van der Waals surface area contributed by atoms with Gasteiger partial charge in [-0.25, -0.2) is 0 Å². The highest BCUT2D eigenvalue weighted by Crippen LogP contribution is 2.56. The molecule has 3 atom stereocenters. The van der Waals surface area contributed by atoms with E-state index < -0.39 is 0 Å². The lowest BCUT2D eigenvalue weighted by atomic mass is 9.92. The summed E-state index contributed by atoms with van der Waals surface area (Å²) in [6.07, 6.45) is 7.17. The van der Waals surface area contributed by atoms with Crippen LogP contribution in [0, 0.1) is 29.6 Å². The third kappa shape index (κ3) is 3.50. The Morgan fingerprint density at radius 1 is 0.867 bits per heavy atom. The molecule has 0 amide bonds. The van der Waals surface area contributed by atoms with Gasteiger partial charge in [0.25, 0.3) is 0 Å². The molecule has 0 nitrogen and oxygen atoms in total. The van der Waals surface area contributed by atoms with E-state index in [1.54, 1.807) is 0 Å². The minimum absolute atomic E-state index is 0.880. The molecule has 0 N–H and O–H groups in total. The summed E-state index contributed by atoms with van der Waals surface area (Å²) in [4.78, 5) is 0. The van der Waals surface area contributed by atoms with Crippen LogP contribution in [0.15, 0.2) is 0 Å². The van der Waals surface area contributed by atoms with Crippen molar-refractivity contribution in [2.45, 2.75) is 66.7 Å². The molecule has 0 aromatic rings. The Morgan fingerprint density at radius 3 is 1.67 bits per heavy atom. The maximum absolute atomic E-state index is 2.49. The molecular weight excluding hydrogens is 180 g/mol. The SMILES string of the molecule is CCCC1C(CCC)C1C(C)CC(C)C. The molecule has 0 saturated heterocycles. The van der Waals surface area contributed by atoms with E-state index >= 15 is 0 Å². The monoisotopic (exact) mass is 210 g/mol. The van der Waals surface area contributed by atoms with Crippen LogP contribution in [0.25, 0.3) is 0 Å². The summed E-state index contributed by atoms with van der Waals surface area (Å²) in [5, 5.41) is 0. The molecule has 1 saturated carbocycles. The maximum atomic E-state index is 2.49. The molecule has 0 radical (unpaired) electrons. The fourth-order valence-corrected chi connectivity index (χ4v) is 3.70. The molecule has 0 aliphatic heterocycles. The summed E-state index contributed by atoms with van der Waals surface area (Å²) < 4.78 is 0. The average Bonchev–Trinajstić information content (AvgIpc) is 2.79. The smallest absolute Gasteiger partial charge is 0.0326 e. The quantitative estimate of drug-likeness (QED) is 0.546. The minimum atomic E-state index is 0.880. The van der Waals surface area contributed by atoms with Crippen LogP contribution in [0.2, 0.25) is 0 Å². The molecule has 0 heteroatoms. The molecule has 1 fully saturated rings. The molecule has 0 spiro atoms. The topological polar surface area (TPSA) is 0 Å². The van der Waals surface area contributed by atoms with Crippen LogP contribution in [0.1, 0.15) is 66.7 Å². The van der Waals surface area contributed by atoms with Gasteiger partial charge in [-0.2, -0.15) is 0 Å². The molecular formula is C15H30. The Labute approximate surface area is 96.8 Å². The second kappa shape index (κ2) is 5.92. The van der Waals surface area contributed by atoms with E-state index in [0.717, 1.165) is 29.6 Å². The van der Waals surface area contributed by atoms with E-state index in [1.165, 1.54) is 32.1 Å². The van der Waals surface area contributed by atoms with Crippen molar-refractivity contribution < 1.29 is 0 Å². The van der Waals surface area contributed by atoms with Crippen LogP contribution in [-0.2, 0) is 0 Å². The van der Waals surface area contributed by atoms with Crippen LogP contribution in [0.3, 0.4) is 0 Å². The van der Waals surface area contributed by atoms with E-state index in [2.05, 4.69) is 34.6 Å². The zero-order valence-electron chi connectivity index (χ0n) is 11.4. The minimum Gasteiger partial charge on any atom is -0.0654 e. The predicted molar refractivity (Wildman–Crippen MR) is 68.9 cm³/mol. The first kappa shape index (κ1) is 13.1. The zero-order chi connectivity index (χ0) is 11.4. The van der Waals surface area contributed by atoms with Gasteiger partial charge in [0.2, 0.25) is 0 Å². The lowest BCUT2D eigenvalue weighted by Gasteiger charge is -2.14. The highest BCUT2D eigenvalue weighted by molar-refractivity contribution is 4.98. The summed E-state index contributed by atoms with van der Waals surface area (Å²) in [5.41, 5.74) is 0. The third-order valence-corrected chi connectivity index (χ3v) is 4.14. The molecule has 0 aromatic heterocycles. The Hall–Kier alpha value is 0. The van der Waals surface area contributed by atoms with Crippen LogP contribution in [0.4, 0.5) is 0 Å². The van der Waals surface area contributed by atoms with Gasteiger partial charge < -0.3 is 0 Å². The molecule has 1 aliphatic carbocycles. The normalized spacial score (nSPS) is 32.0. The van der Waals surface area contributed by atoms with Gasteiger partial charge in [0.05, 0.1) is 0 Å². The first-order chi connectivity index (χ1) is 7.11. The van der Waals surface area contributed by atoms with Gasteiger partial charge in [-0.3, -0.25) is 0 Å². The standard InChI is InChI=1S/C15H30/c1-6-8-13-14(9-7-2)15(13)12(5)10-11(3)4/h11-15H,6-10H2,1-5H3. The molecule has 0 bridgehead atoms. The van der Waals surface area contributed by atoms with Gasteiger partial charge in [0.15, 0.2) is 0 Å². The first-order valence-corrected chi connectivity index (χ1v) is 7.11.